The predicted molar refractivity (Wildman–Crippen MR) is 138 cm³/mol. The molecule has 0 aromatic heterocycles. The van der Waals surface area contributed by atoms with E-state index in [1.54, 1.807) is 19.1 Å². The number of esters is 1. The molecule has 0 fully saturated rings. The molecular weight excluding hydrogens is 454 g/mol. The van der Waals surface area contributed by atoms with Gasteiger partial charge in [0.25, 0.3) is 5.91 Å². The smallest absolute Gasteiger partial charge is 0.351 e. The Morgan fingerprint density at radius 1 is 1.00 bits per heavy atom. The maximum atomic E-state index is 13.5. The van der Waals surface area contributed by atoms with Gasteiger partial charge in [0, 0.05) is 24.1 Å². The zero-order valence-electron chi connectivity index (χ0n) is 21.3. The molecule has 6 nitrogen and oxygen atoms in total. The van der Waals surface area contributed by atoms with Crippen molar-refractivity contribution in [2.45, 2.75) is 58.7 Å². The Labute approximate surface area is 212 Å². The number of hydrogen-bond donors (Lipinski definition) is 2. The summed E-state index contributed by atoms with van der Waals surface area (Å²) in [5.41, 5.74) is 3.64. The van der Waals surface area contributed by atoms with E-state index in [9.17, 15) is 14.7 Å². The molecule has 2 N–H and O–H groups in total. The third-order valence-corrected chi connectivity index (χ3v) is 7.07. The fourth-order valence-electron chi connectivity index (χ4n) is 4.59. The number of carbonyl (C=O) groups excluding carboxylic acids is 2. The molecule has 1 amide bonds. The molecule has 0 saturated heterocycles. The Balaban J connectivity index is 1.52. The molecule has 0 spiro atoms. The lowest BCUT2D eigenvalue weighted by Gasteiger charge is -2.36. The molecule has 6 heteroatoms. The van der Waals surface area contributed by atoms with Gasteiger partial charge >= 0.3 is 5.97 Å². The first kappa shape index (κ1) is 25.3. The molecule has 4 rings (SSSR count). The lowest BCUT2D eigenvalue weighted by atomic mass is 9.87. The van der Waals surface area contributed by atoms with Crippen molar-refractivity contribution in [1.82, 2.24) is 5.32 Å². The summed E-state index contributed by atoms with van der Waals surface area (Å²) in [6, 6.07) is 18.9. The number of fused-ring (bicyclic) bond motifs is 1. The van der Waals surface area contributed by atoms with E-state index in [0.29, 0.717) is 37.1 Å². The molecule has 0 bridgehead atoms. The van der Waals surface area contributed by atoms with Crippen LogP contribution in [0.1, 0.15) is 52.8 Å². The number of ether oxygens (including phenoxy) is 2. The number of nitrogens with one attached hydrogen (secondary N) is 1. The van der Waals surface area contributed by atoms with Gasteiger partial charge in [-0.05, 0) is 62.8 Å². The van der Waals surface area contributed by atoms with Crippen molar-refractivity contribution in [3.63, 3.8) is 0 Å². The van der Waals surface area contributed by atoms with E-state index in [0.717, 1.165) is 27.8 Å². The Hall–Kier alpha value is -3.80. The van der Waals surface area contributed by atoms with E-state index in [2.05, 4.69) is 5.32 Å². The second kappa shape index (κ2) is 10.4. The van der Waals surface area contributed by atoms with E-state index in [-0.39, 0.29) is 11.7 Å². The maximum absolute atomic E-state index is 13.5. The van der Waals surface area contributed by atoms with Crippen LogP contribution in [0.2, 0.25) is 0 Å². The average molecular weight is 488 g/mol. The summed E-state index contributed by atoms with van der Waals surface area (Å²) in [7, 11) is 0. The van der Waals surface area contributed by atoms with E-state index in [4.69, 9.17) is 9.47 Å². The Morgan fingerprint density at radius 3 is 2.31 bits per heavy atom. The SMILES string of the molecule is Cc1c(C)c2c(c(C)c1O)CCC(C)(C(=O)OC(C(=O)NCCc1ccccc1)c1ccccc1)O2. The van der Waals surface area contributed by atoms with Crippen LogP contribution in [0.4, 0.5) is 0 Å². The van der Waals surface area contributed by atoms with Gasteiger partial charge in [0.05, 0.1) is 0 Å². The average Bonchev–Trinajstić information content (AvgIpc) is 2.90. The van der Waals surface area contributed by atoms with Crippen molar-refractivity contribution in [1.29, 1.82) is 0 Å². The van der Waals surface area contributed by atoms with Gasteiger partial charge in [-0.25, -0.2) is 4.79 Å². The van der Waals surface area contributed by atoms with Gasteiger partial charge in [-0.2, -0.15) is 0 Å². The van der Waals surface area contributed by atoms with Crippen LogP contribution in [0.25, 0.3) is 0 Å². The highest BCUT2D eigenvalue weighted by atomic mass is 16.6. The highest BCUT2D eigenvalue weighted by molar-refractivity contribution is 5.87. The molecule has 188 valence electrons. The lowest BCUT2D eigenvalue weighted by molar-refractivity contribution is -0.172. The number of phenolic OH excluding ortho intramolecular Hbond substituents is 1. The summed E-state index contributed by atoms with van der Waals surface area (Å²) in [5.74, 6) is -0.101. The molecule has 0 radical (unpaired) electrons. The molecule has 1 aliphatic heterocycles. The minimum atomic E-state index is -1.26. The molecule has 0 aliphatic carbocycles. The van der Waals surface area contributed by atoms with Gasteiger partial charge in [-0.3, -0.25) is 4.79 Å². The number of benzene rings is 3. The number of phenols is 1. The number of carbonyl (C=O) groups is 2. The molecule has 2 atom stereocenters. The van der Waals surface area contributed by atoms with E-state index < -0.39 is 17.7 Å². The van der Waals surface area contributed by atoms with Crippen molar-refractivity contribution in [2.24, 2.45) is 0 Å². The van der Waals surface area contributed by atoms with E-state index in [1.807, 2.05) is 69.3 Å². The minimum Gasteiger partial charge on any atom is -0.507 e. The van der Waals surface area contributed by atoms with Gasteiger partial charge in [0.15, 0.2) is 0 Å². The van der Waals surface area contributed by atoms with E-state index >= 15 is 0 Å². The van der Waals surface area contributed by atoms with Gasteiger partial charge in [-0.15, -0.1) is 0 Å². The monoisotopic (exact) mass is 487 g/mol. The van der Waals surface area contributed by atoms with Crippen molar-refractivity contribution in [2.75, 3.05) is 6.54 Å². The fraction of sp³-hybridized carbons (Fsp3) is 0.333. The third kappa shape index (κ3) is 5.08. The standard InChI is InChI=1S/C30H33NO5/c1-19-20(2)26-24(21(3)25(19)32)15-17-30(4,36-26)29(34)35-27(23-13-9-6-10-14-23)28(33)31-18-16-22-11-7-5-8-12-22/h5-14,27,32H,15-18H2,1-4H3,(H,31,33). The van der Waals surface area contributed by atoms with Gasteiger partial charge in [0.2, 0.25) is 11.7 Å². The Bertz CT molecular complexity index is 1260. The van der Waals surface area contributed by atoms with Crippen LogP contribution >= 0.6 is 0 Å². The van der Waals surface area contributed by atoms with Crippen LogP contribution < -0.4 is 10.1 Å². The van der Waals surface area contributed by atoms with Crippen molar-refractivity contribution < 1.29 is 24.2 Å². The number of aromatic hydroxyl groups is 1. The molecule has 3 aromatic rings. The van der Waals surface area contributed by atoms with Gasteiger partial charge in [-0.1, -0.05) is 60.7 Å². The normalized spacial score (nSPS) is 17.4. The molecule has 2 unspecified atom stereocenters. The predicted octanol–water partition coefficient (Wildman–Crippen LogP) is 5.04. The Morgan fingerprint density at radius 2 is 1.64 bits per heavy atom. The molecule has 1 heterocycles. The summed E-state index contributed by atoms with van der Waals surface area (Å²) < 4.78 is 12.1. The van der Waals surface area contributed by atoms with Crippen LogP contribution in [0.5, 0.6) is 11.5 Å². The van der Waals surface area contributed by atoms with E-state index in [1.165, 1.54) is 0 Å². The summed E-state index contributed by atoms with van der Waals surface area (Å²) in [5, 5.41) is 13.4. The van der Waals surface area contributed by atoms with Crippen molar-refractivity contribution >= 4 is 11.9 Å². The minimum absolute atomic E-state index is 0.261. The van der Waals surface area contributed by atoms with Crippen LogP contribution in [-0.4, -0.2) is 29.1 Å². The van der Waals surface area contributed by atoms with Crippen LogP contribution in [-0.2, 0) is 27.2 Å². The number of rotatable bonds is 7. The first-order valence-corrected chi connectivity index (χ1v) is 12.3. The van der Waals surface area contributed by atoms with Gasteiger partial charge < -0.3 is 19.9 Å². The first-order chi connectivity index (χ1) is 17.2. The highest BCUT2D eigenvalue weighted by Gasteiger charge is 2.44. The number of hydrogen-bond acceptors (Lipinski definition) is 5. The van der Waals surface area contributed by atoms with Crippen LogP contribution in [0.3, 0.4) is 0 Å². The quantitative estimate of drug-likeness (QED) is 0.456. The van der Waals surface area contributed by atoms with Crippen molar-refractivity contribution in [3.05, 3.63) is 94.0 Å². The molecule has 1 aliphatic rings. The van der Waals surface area contributed by atoms with Crippen LogP contribution in [0, 0.1) is 20.8 Å². The topological polar surface area (TPSA) is 84.9 Å². The largest absolute Gasteiger partial charge is 0.507 e. The fourth-order valence-corrected chi connectivity index (χ4v) is 4.59. The molecule has 36 heavy (non-hydrogen) atoms. The maximum Gasteiger partial charge on any atom is 0.351 e. The lowest BCUT2D eigenvalue weighted by Crippen LogP contribution is -2.47. The zero-order valence-corrected chi connectivity index (χ0v) is 21.3. The zero-order chi connectivity index (χ0) is 25.9. The summed E-state index contributed by atoms with van der Waals surface area (Å²) >= 11 is 0. The molecule has 3 aromatic carbocycles. The summed E-state index contributed by atoms with van der Waals surface area (Å²) in [4.78, 5) is 26.7. The second-order valence-electron chi connectivity index (χ2n) is 9.59. The third-order valence-electron chi connectivity index (χ3n) is 7.07. The highest BCUT2D eigenvalue weighted by Crippen LogP contribution is 2.43. The van der Waals surface area contributed by atoms with Crippen LogP contribution in [0.15, 0.2) is 60.7 Å². The van der Waals surface area contributed by atoms with Crippen molar-refractivity contribution in [3.8, 4) is 11.5 Å². The molecule has 0 saturated carbocycles. The second-order valence-corrected chi connectivity index (χ2v) is 9.59. The molecular formula is C30H33NO5. The summed E-state index contributed by atoms with van der Waals surface area (Å²) in [6.45, 7) is 7.68. The Kier molecular flexibility index (Phi) is 7.34. The van der Waals surface area contributed by atoms with Gasteiger partial charge in [0.1, 0.15) is 11.5 Å². The number of amides is 1. The summed E-state index contributed by atoms with van der Waals surface area (Å²) in [6.07, 6.45) is 0.505. The first-order valence-electron chi connectivity index (χ1n) is 12.3.